The fourth-order valence-electron chi connectivity index (χ4n) is 2.89. The Hall–Kier alpha value is -0.473. The van der Waals surface area contributed by atoms with Crippen LogP contribution in [0.3, 0.4) is 0 Å². The molecule has 0 radical (unpaired) electrons. The lowest BCUT2D eigenvalue weighted by Gasteiger charge is -2.42. The highest BCUT2D eigenvalue weighted by Crippen LogP contribution is 2.26. The SMILES string of the molecule is CCC(N1CCC(C(N)=O)CC1)[Si](OC)(OC)OC. The molecule has 6 nitrogen and oxygen atoms in total. The zero-order chi connectivity index (χ0) is 14.5. The molecule has 1 rings (SSSR count). The van der Waals surface area contributed by atoms with E-state index in [-0.39, 0.29) is 17.5 Å². The first-order chi connectivity index (χ1) is 9.04. The smallest absolute Gasteiger partial charge is 0.376 e. The van der Waals surface area contributed by atoms with Gasteiger partial charge < -0.3 is 19.0 Å². The van der Waals surface area contributed by atoms with Crippen LogP contribution in [0, 0.1) is 5.92 Å². The van der Waals surface area contributed by atoms with Crippen molar-refractivity contribution in [1.29, 1.82) is 0 Å². The molecular weight excluding hydrogens is 264 g/mol. The standard InChI is InChI=1S/C12H26N2O4Si/c1-5-11(19(16-2,17-3)18-4)14-8-6-10(7-9-14)12(13)15/h10-11H,5-9H2,1-4H3,(H2,13,15). The minimum atomic E-state index is -2.67. The van der Waals surface area contributed by atoms with Crippen molar-refractivity contribution in [3.63, 3.8) is 0 Å². The van der Waals surface area contributed by atoms with Gasteiger partial charge in [-0.2, -0.15) is 0 Å². The van der Waals surface area contributed by atoms with Crippen LogP contribution < -0.4 is 5.73 Å². The van der Waals surface area contributed by atoms with Crippen molar-refractivity contribution in [3.8, 4) is 0 Å². The van der Waals surface area contributed by atoms with E-state index in [0.717, 1.165) is 32.4 Å². The second kappa shape index (κ2) is 7.35. The van der Waals surface area contributed by atoms with Gasteiger partial charge in [0.15, 0.2) is 0 Å². The van der Waals surface area contributed by atoms with Gasteiger partial charge in [-0.15, -0.1) is 0 Å². The van der Waals surface area contributed by atoms with Gasteiger partial charge >= 0.3 is 8.80 Å². The molecule has 1 amide bonds. The third kappa shape index (κ3) is 3.54. The largest absolute Gasteiger partial charge is 0.518 e. The molecule has 1 aliphatic heterocycles. The molecule has 0 aromatic rings. The molecule has 1 saturated heterocycles. The molecule has 0 spiro atoms. The summed E-state index contributed by atoms with van der Waals surface area (Å²) < 4.78 is 16.7. The summed E-state index contributed by atoms with van der Waals surface area (Å²) in [5.41, 5.74) is 5.49. The zero-order valence-corrected chi connectivity index (χ0v) is 13.3. The number of rotatable bonds is 7. The van der Waals surface area contributed by atoms with Crippen molar-refractivity contribution in [2.75, 3.05) is 34.4 Å². The molecule has 0 aromatic heterocycles. The van der Waals surface area contributed by atoms with Gasteiger partial charge in [0.05, 0.1) is 5.67 Å². The Morgan fingerprint density at radius 3 is 2.05 bits per heavy atom. The van der Waals surface area contributed by atoms with Crippen LogP contribution in [-0.4, -0.2) is 59.7 Å². The number of nitrogens with zero attached hydrogens (tertiary/aromatic N) is 1. The van der Waals surface area contributed by atoms with Gasteiger partial charge in [0.25, 0.3) is 0 Å². The van der Waals surface area contributed by atoms with Crippen LogP contribution in [0.5, 0.6) is 0 Å². The van der Waals surface area contributed by atoms with Gasteiger partial charge in [-0.3, -0.25) is 9.69 Å². The van der Waals surface area contributed by atoms with Gasteiger partial charge in [-0.25, -0.2) is 0 Å². The minimum Gasteiger partial charge on any atom is -0.376 e. The molecule has 2 N–H and O–H groups in total. The van der Waals surface area contributed by atoms with Crippen molar-refractivity contribution in [2.24, 2.45) is 11.7 Å². The number of hydrogen-bond acceptors (Lipinski definition) is 5. The molecule has 0 aromatic carbocycles. The first-order valence-electron chi connectivity index (χ1n) is 6.73. The van der Waals surface area contributed by atoms with Crippen molar-refractivity contribution >= 4 is 14.7 Å². The van der Waals surface area contributed by atoms with Crippen molar-refractivity contribution in [1.82, 2.24) is 4.90 Å². The van der Waals surface area contributed by atoms with Crippen molar-refractivity contribution in [3.05, 3.63) is 0 Å². The van der Waals surface area contributed by atoms with Gasteiger partial charge in [-0.1, -0.05) is 6.92 Å². The normalized spacial score (nSPS) is 20.4. The number of primary amides is 1. The highest BCUT2D eigenvalue weighted by atomic mass is 28.4. The third-order valence-electron chi connectivity index (χ3n) is 4.02. The summed E-state index contributed by atoms with van der Waals surface area (Å²) in [6, 6.07) is 0. The predicted molar refractivity (Wildman–Crippen MR) is 74.4 cm³/mol. The average Bonchev–Trinajstić information content (AvgIpc) is 2.45. The van der Waals surface area contributed by atoms with E-state index in [1.807, 2.05) is 0 Å². The fraction of sp³-hybridized carbons (Fsp3) is 0.917. The Balaban J connectivity index is 2.74. The first-order valence-corrected chi connectivity index (χ1v) is 8.53. The molecular formula is C12H26N2O4Si. The molecule has 1 fully saturated rings. The number of piperidine rings is 1. The lowest BCUT2D eigenvalue weighted by atomic mass is 9.96. The summed E-state index contributed by atoms with van der Waals surface area (Å²) in [5, 5.41) is 0. The van der Waals surface area contributed by atoms with Crippen LogP contribution >= 0.6 is 0 Å². The van der Waals surface area contributed by atoms with Crippen molar-refractivity contribution < 1.29 is 18.1 Å². The molecule has 1 aliphatic rings. The Labute approximate surface area is 116 Å². The van der Waals surface area contributed by atoms with Crippen LogP contribution in [0.1, 0.15) is 26.2 Å². The number of amides is 1. The van der Waals surface area contributed by atoms with E-state index in [4.69, 9.17) is 19.0 Å². The second-order valence-corrected chi connectivity index (χ2v) is 7.95. The predicted octanol–water partition coefficient (Wildman–Crippen LogP) is 0.380. The molecule has 0 bridgehead atoms. The number of nitrogens with two attached hydrogens (primary N) is 1. The van der Waals surface area contributed by atoms with E-state index in [9.17, 15) is 4.79 Å². The molecule has 0 saturated carbocycles. The fourth-order valence-corrected chi connectivity index (χ4v) is 5.41. The third-order valence-corrected chi connectivity index (χ3v) is 7.32. The van der Waals surface area contributed by atoms with E-state index in [1.54, 1.807) is 21.3 Å². The van der Waals surface area contributed by atoms with Crippen LogP contribution in [-0.2, 0) is 18.1 Å². The minimum absolute atomic E-state index is 0.00235. The van der Waals surface area contributed by atoms with E-state index in [0.29, 0.717) is 0 Å². The van der Waals surface area contributed by atoms with Gasteiger partial charge in [0, 0.05) is 27.2 Å². The van der Waals surface area contributed by atoms with E-state index in [1.165, 1.54) is 0 Å². The highest BCUT2D eigenvalue weighted by Gasteiger charge is 2.49. The van der Waals surface area contributed by atoms with Crippen molar-refractivity contribution in [2.45, 2.75) is 31.9 Å². The summed E-state index contributed by atoms with van der Waals surface area (Å²) in [6.07, 6.45) is 2.49. The summed E-state index contributed by atoms with van der Waals surface area (Å²) in [6.45, 7) is 3.76. The molecule has 1 atom stereocenters. The number of carbonyl (C=O) groups excluding carboxylic acids is 1. The van der Waals surface area contributed by atoms with E-state index < -0.39 is 8.80 Å². The second-order valence-electron chi connectivity index (χ2n) is 4.85. The van der Waals surface area contributed by atoms with E-state index in [2.05, 4.69) is 11.8 Å². The molecule has 1 unspecified atom stereocenters. The lowest BCUT2D eigenvalue weighted by molar-refractivity contribution is -0.123. The Kier molecular flexibility index (Phi) is 6.41. The maximum atomic E-state index is 11.2. The summed E-state index contributed by atoms with van der Waals surface area (Å²) in [7, 11) is 2.24. The molecule has 0 aliphatic carbocycles. The average molecular weight is 290 g/mol. The molecule has 19 heavy (non-hydrogen) atoms. The van der Waals surface area contributed by atoms with Crippen LogP contribution in [0.25, 0.3) is 0 Å². The lowest BCUT2D eigenvalue weighted by Crippen LogP contribution is -2.62. The zero-order valence-electron chi connectivity index (χ0n) is 12.3. The van der Waals surface area contributed by atoms with Crippen LogP contribution in [0.2, 0.25) is 0 Å². The molecule has 1 heterocycles. The Morgan fingerprint density at radius 1 is 1.26 bits per heavy atom. The summed E-state index contributed by atoms with van der Waals surface area (Å²) in [4.78, 5) is 13.5. The quantitative estimate of drug-likeness (QED) is 0.686. The highest BCUT2D eigenvalue weighted by molar-refractivity contribution is 6.62. The Bertz CT molecular complexity index is 283. The van der Waals surface area contributed by atoms with Crippen LogP contribution in [0.4, 0.5) is 0 Å². The summed E-state index contributed by atoms with van der Waals surface area (Å²) >= 11 is 0. The monoisotopic (exact) mass is 290 g/mol. The topological polar surface area (TPSA) is 74.0 Å². The number of carbonyl (C=O) groups is 1. The van der Waals surface area contributed by atoms with E-state index >= 15 is 0 Å². The van der Waals surface area contributed by atoms with Gasteiger partial charge in [0.1, 0.15) is 0 Å². The van der Waals surface area contributed by atoms with Crippen LogP contribution in [0.15, 0.2) is 0 Å². The summed E-state index contributed by atoms with van der Waals surface area (Å²) in [5.74, 6) is -0.195. The Morgan fingerprint density at radius 2 is 1.74 bits per heavy atom. The maximum absolute atomic E-state index is 11.2. The van der Waals surface area contributed by atoms with Gasteiger partial charge in [-0.05, 0) is 32.4 Å². The maximum Gasteiger partial charge on any atom is 0.518 e. The molecule has 112 valence electrons. The first kappa shape index (κ1) is 16.6. The molecule has 7 heteroatoms. The number of hydrogen-bond donors (Lipinski definition) is 1. The van der Waals surface area contributed by atoms with Gasteiger partial charge in [0.2, 0.25) is 5.91 Å². The number of likely N-dealkylation sites (tertiary alicyclic amines) is 1.